The Kier molecular flexibility index (Phi) is 7.07. The Balaban J connectivity index is 1.46. The molecule has 0 bridgehead atoms. The fraction of sp³-hybridized carbons (Fsp3) is 0.238. The van der Waals surface area contributed by atoms with E-state index in [9.17, 15) is 23.1 Å². The first-order chi connectivity index (χ1) is 14.3. The van der Waals surface area contributed by atoms with Gasteiger partial charge in [0.2, 0.25) is 0 Å². The summed E-state index contributed by atoms with van der Waals surface area (Å²) < 4.78 is 43.3. The van der Waals surface area contributed by atoms with Gasteiger partial charge in [-0.2, -0.15) is 13.2 Å². The molecule has 0 aliphatic carbocycles. The van der Waals surface area contributed by atoms with Crippen molar-refractivity contribution in [2.45, 2.75) is 18.7 Å². The second kappa shape index (κ2) is 9.73. The molecule has 0 saturated heterocycles. The van der Waals surface area contributed by atoms with Crippen molar-refractivity contribution in [3.8, 4) is 5.75 Å². The number of rotatable bonds is 8. The first-order valence-electron chi connectivity index (χ1n) is 9.06. The molecule has 2 N–H and O–H groups in total. The number of carbonyl (C=O) groups excluding carboxylic acids is 1. The molecule has 0 spiro atoms. The number of hydrogen-bond acceptors (Lipinski definition) is 5. The predicted octanol–water partition coefficient (Wildman–Crippen LogP) is 3.92. The molecular weight excluding hydrogens is 417 g/mol. The van der Waals surface area contributed by atoms with Crippen molar-refractivity contribution in [1.29, 1.82) is 0 Å². The molecule has 3 rings (SSSR count). The van der Waals surface area contributed by atoms with E-state index in [1.807, 2.05) is 30.3 Å². The van der Waals surface area contributed by atoms with E-state index < -0.39 is 23.8 Å². The molecule has 0 fully saturated rings. The number of aromatic nitrogens is 1. The lowest BCUT2D eigenvalue weighted by atomic mass is 10.2. The van der Waals surface area contributed by atoms with Gasteiger partial charge in [-0.3, -0.25) is 4.79 Å². The lowest BCUT2D eigenvalue weighted by molar-refractivity contribution is -0.137. The van der Waals surface area contributed by atoms with Gasteiger partial charge in [-0.1, -0.05) is 36.4 Å². The largest absolute Gasteiger partial charge is 0.491 e. The number of amides is 1. The molecule has 3 aromatic rings. The third-order valence-electron chi connectivity index (χ3n) is 4.08. The smallest absolute Gasteiger partial charge is 0.416 e. The number of halogens is 3. The lowest BCUT2D eigenvalue weighted by Gasteiger charge is -2.14. The second-order valence-electron chi connectivity index (χ2n) is 6.49. The van der Waals surface area contributed by atoms with Crippen LogP contribution in [0.15, 0.2) is 60.0 Å². The van der Waals surface area contributed by atoms with E-state index >= 15 is 0 Å². The Hall–Kier alpha value is -2.91. The van der Waals surface area contributed by atoms with Crippen LogP contribution in [0, 0.1) is 0 Å². The Labute approximate surface area is 175 Å². The Morgan fingerprint density at radius 3 is 2.67 bits per heavy atom. The minimum atomic E-state index is -4.47. The van der Waals surface area contributed by atoms with Crippen LogP contribution in [0.5, 0.6) is 5.75 Å². The topological polar surface area (TPSA) is 71.5 Å². The average molecular weight is 436 g/mol. The summed E-state index contributed by atoms with van der Waals surface area (Å²) >= 11 is 1.37. The molecule has 2 aromatic carbocycles. The highest BCUT2D eigenvalue weighted by molar-refractivity contribution is 7.09. The molecule has 1 amide bonds. The summed E-state index contributed by atoms with van der Waals surface area (Å²) in [6.07, 6.45) is -4.95. The molecule has 0 aliphatic rings. The maximum atomic E-state index is 12.7. The zero-order valence-corrected chi connectivity index (χ0v) is 16.5. The van der Waals surface area contributed by atoms with Gasteiger partial charge < -0.3 is 15.2 Å². The highest BCUT2D eigenvalue weighted by atomic mass is 32.1. The SMILES string of the molecule is O=C(NCC(O)COc1cccc(C(F)(F)F)c1)c1csc(Cc2ccccc2)n1. The van der Waals surface area contributed by atoms with Gasteiger partial charge >= 0.3 is 6.18 Å². The molecular formula is C21H19F3N2O3S. The maximum Gasteiger partial charge on any atom is 0.416 e. The fourth-order valence-corrected chi connectivity index (χ4v) is 3.39. The molecule has 0 aliphatic heterocycles. The second-order valence-corrected chi connectivity index (χ2v) is 7.43. The van der Waals surface area contributed by atoms with E-state index in [4.69, 9.17) is 4.74 Å². The monoisotopic (exact) mass is 436 g/mol. The van der Waals surface area contributed by atoms with Crippen LogP contribution in [-0.2, 0) is 12.6 Å². The summed E-state index contributed by atoms with van der Waals surface area (Å²) in [5.74, 6) is -0.455. The molecule has 1 heterocycles. The normalized spacial score (nSPS) is 12.4. The van der Waals surface area contributed by atoms with Crippen LogP contribution in [0.3, 0.4) is 0 Å². The predicted molar refractivity (Wildman–Crippen MR) is 107 cm³/mol. The first kappa shape index (κ1) is 21.8. The summed E-state index contributed by atoms with van der Waals surface area (Å²) in [6.45, 7) is -0.388. The van der Waals surface area contributed by atoms with Crippen molar-refractivity contribution in [2.75, 3.05) is 13.2 Å². The van der Waals surface area contributed by atoms with Crippen LogP contribution in [0.25, 0.3) is 0 Å². The van der Waals surface area contributed by atoms with E-state index in [1.54, 1.807) is 5.38 Å². The van der Waals surface area contributed by atoms with E-state index in [2.05, 4.69) is 10.3 Å². The fourth-order valence-electron chi connectivity index (χ4n) is 2.58. The zero-order valence-electron chi connectivity index (χ0n) is 15.7. The van der Waals surface area contributed by atoms with Gasteiger partial charge in [0.15, 0.2) is 0 Å². The highest BCUT2D eigenvalue weighted by Gasteiger charge is 2.30. The van der Waals surface area contributed by atoms with Crippen molar-refractivity contribution in [3.05, 3.63) is 81.8 Å². The number of benzene rings is 2. The molecule has 0 saturated carbocycles. The number of nitrogens with zero attached hydrogens (tertiary/aromatic N) is 1. The highest BCUT2D eigenvalue weighted by Crippen LogP contribution is 2.31. The Morgan fingerprint density at radius 1 is 1.17 bits per heavy atom. The molecule has 5 nitrogen and oxygen atoms in total. The van der Waals surface area contributed by atoms with Crippen molar-refractivity contribution in [3.63, 3.8) is 0 Å². The minimum Gasteiger partial charge on any atom is -0.491 e. The number of alkyl halides is 3. The van der Waals surface area contributed by atoms with Crippen LogP contribution < -0.4 is 10.1 Å². The molecule has 0 radical (unpaired) electrons. The molecule has 1 aromatic heterocycles. The molecule has 30 heavy (non-hydrogen) atoms. The summed E-state index contributed by atoms with van der Waals surface area (Å²) in [6, 6.07) is 14.1. The van der Waals surface area contributed by atoms with Gasteiger partial charge in [-0.15, -0.1) is 11.3 Å². The van der Waals surface area contributed by atoms with E-state index in [0.717, 1.165) is 22.7 Å². The summed E-state index contributed by atoms with van der Waals surface area (Å²) in [4.78, 5) is 16.5. The van der Waals surface area contributed by atoms with Crippen LogP contribution in [0.2, 0.25) is 0 Å². The quantitative estimate of drug-likeness (QED) is 0.562. The summed E-state index contributed by atoms with van der Waals surface area (Å²) in [5.41, 5.74) is 0.496. The van der Waals surface area contributed by atoms with Crippen molar-refractivity contribution < 1.29 is 27.8 Å². The summed E-state index contributed by atoms with van der Waals surface area (Å²) in [5, 5.41) is 14.9. The van der Waals surface area contributed by atoms with Crippen LogP contribution in [-0.4, -0.2) is 35.3 Å². The molecule has 1 atom stereocenters. The van der Waals surface area contributed by atoms with Gasteiger partial charge in [0.05, 0.1) is 10.6 Å². The molecule has 158 valence electrons. The molecule has 9 heteroatoms. The number of thiazole rings is 1. The third-order valence-corrected chi connectivity index (χ3v) is 4.93. The number of ether oxygens (including phenoxy) is 1. The van der Waals surface area contributed by atoms with Crippen molar-refractivity contribution in [2.24, 2.45) is 0 Å². The van der Waals surface area contributed by atoms with Crippen molar-refractivity contribution >= 4 is 17.2 Å². The average Bonchev–Trinajstić information content (AvgIpc) is 3.19. The number of hydrogen-bond donors (Lipinski definition) is 2. The Morgan fingerprint density at radius 2 is 1.93 bits per heavy atom. The molecule has 1 unspecified atom stereocenters. The van der Waals surface area contributed by atoms with E-state index in [0.29, 0.717) is 6.42 Å². The van der Waals surface area contributed by atoms with E-state index in [1.165, 1.54) is 23.5 Å². The van der Waals surface area contributed by atoms with Gasteiger partial charge in [0.25, 0.3) is 5.91 Å². The van der Waals surface area contributed by atoms with Crippen LogP contribution in [0.4, 0.5) is 13.2 Å². The standard InChI is InChI=1S/C21H19F3N2O3S/c22-21(23,24)15-7-4-8-17(10-15)29-12-16(27)11-25-20(28)18-13-30-19(26-18)9-14-5-2-1-3-6-14/h1-8,10,13,16,27H,9,11-12H2,(H,25,28). The number of aliphatic hydroxyl groups excluding tert-OH is 1. The first-order valence-corrected chi connectivity index (χ1v) is 9.94. The summed E-state index contributed by atoms with van der Waals surface area (Å²) in [7, 11) is 0. The van der Waals surface area contributed by atoms with Gasteiger partial charge in [0.1, 0.15) is 24.2 Å². The van der Waals surface area contributed by atoms with Gasteiger partial charge in [-0.05, 0) is 23.8 Å². The Bertz CT molecular complexity index is 977. The van der Waals surface area contributed by atoms with Gasteiger partial charge in [-0.25, -0.2) is 4.98 Å². The number of carbonyl (C=O) groups is 1. The van der Waals surface area contributed by atoms with Gasteiger partial charge in [0, 0.05) is 18.3 Å². The lowest BCUT2D eigenvalue weighted by Crippen LogP contribution is -2.35. The maximum absolute atomic E-state index is 12.7. The van der Waals surface area contributed by atoms with Crippen molar-refractivity contribution in [1.82, 2.24) is 10.3 Å². The minimum absolute atomic E-state index is 0.0137. The third kappa shape index (κ3) is 6.30. The zero-order chi connectivity index (χ0) is 21.6. The van der Waals surface area contributed by atoms with Crippen LogP contribution in [0.1, 0.15) is 26.6 Å². The number of nitrogens with one attached hydrogen (secondary N) is 1. The number of aliphatic hydroxyl groups is 1. The van der Waals surface area contributed by atoms with Crippen LogP contribution >= 0.6 is 11.3 Å². The van der Waals surface area contributed by atoms with E-state index in [-0.39, 0.29) is 24.6 Å².